The van der Waals surface area contributed by atoms with Crippen molar-refractivity contribution in [3.05, 3.63) is 64.2 Å². The predicted molar refractivity (Wildman–Crippen MR) is 122 cm³/mol. The van der Waals surface area contributed by atoms with Crippen LogP contribution in [0, 0.1) is 13.8 Å². The molecule has 1 aliphatic rings. The fourth-order valence-corrected chi connectivity index (χ4v) is 4.66. The van der Waals surface area contributed by atoms with Gasteiger partial charge in [0, 0.05) is 22.8 Å². The molecule has 0 bridgehead atoms. The van der Waals surface area contributed by atoms with Crippen molar-refractivity contribution in [1.29, 1.82) is 0 Å². The van der Waals surface area contributed by atoms with Gasteiger partial charge >= 0.3 is 0 Å². The molecule has 29 heavy (non-hydrogen) atoms. The number of nitrogens with zero attached hydrogens (tertiary/aromatic N) is 2. The maximum atomic E-state index is 12.3. The van der Waals surface area contributed by atoms with Crippen molar-refractivity contribution in [3.63, 3.8) is 0 Å². The second-order valence-electron chi connectivity index (χ2n) is 9.21. The van der Waals surface area contributed by atoms with Crippen LogP contribution in [0.5, 0.6) is 0 Å². The average Bonchev–Trinajstić information content (AvgIpc) is 2.62. The van der Waals surface area contributed by atoms with Crippen molar-refractivity contribution in [2.24, 2.45) is 5.10 Å². The Morgan fingerprint density at radius 3 is 2.48 bits per heavy atom. The lowest BCUT2D eigenvalue weighted by atomic mass is 9.78. The summed E-state index contributed by atoms with van der Waals surface area (Å²) < 4.78 is 0. The van der Waals surface area contributed by atoms with Gasteiger partial charge in [0.15, 0.2) is 0 Å². The minimum Gasteiger partial charge on any atom is -0.364 e. The Bertz CT molecular complexity index is 926. The molecule has 4 nitrogen and oxygen atoms in total. The van der Waals surface area contributed by atoms with E-state index in [0.29, 0.717) is 17.5 Å². The van der Waals surface area contributed by atoms with Gasteiger partial charge in [-0.2, -0.15) is 5.10 Å². The molecule has 1 aliphatic heterocycles. The molecule has 0 unspecified atom stereocenters. The maximum absolute atomic E-state index is 12.3. The Morgan fingerprint density at radius 2 is 1.86 bits per heavy atom. The van der Waals surface area contributed by atoms with Crippen molar-refractivity contribution in [2.75, 3.05) is 4.90 Å². The van der Waals surface area contributed by atoms with Crippen LogP contribution in [0.25, 0.3) is 0 Å². The Morgan fingerprint density at radius 1 is 1.21 bits per heavy atom. The predicted octanol–water partition coefficient (Wildman–Crippen LogP) is 5.57. The lowest BCUT2D eigenvalue weighted by molar-refractivity contribution is 0.0955. The van der Waals surface area contributed by atoms with Gasteiger partial charge in [-0.15, -0.1) is 0 Å². The molecule has 1 amide bonds. The Labute approximate surface area is 175 Å². The summed E-state index contributed by atoms with van der Waals surface area (Å²) in [6, 6.07) is 12.4. The molecule has 4 heteroatoms. The van der Waals surface area contributed by atoms with E-state index in [-0.39, 0.29) is 11.4 Å². The zero-order valence-corrected chi connectivity index (χ0v) is 18.7. The third kappa shape index (κ3) is 4.36. The van der Waals surface area contributed by atoms with E-state index < -0.39 is 0 Å². The van der Waals surface area contributed by atoms with Crippen LogP contribution < -0.4 is 10.3 Å². The number of amides is 1. The lowest BCUT2D eigenvalue weighted by Crippen LogP contribution is -2.51. The van der Waals surface area contributed by atoms with Crippen LogP contribution in [0.1, 0.15) is 79.6 Å². The average molecular weight is 392 g/mol. The summed E-state index contributed by atoms with van der Waals surface area (Å²) in [7, 11) is 0. The van der Waals surface area contributed by atoms with Crippen LogP contribution in [-0.2, 0) is 0 Å². The lowest BCUT2D eigenvalue weighted by Gasteiger charge is -2.50. The van der Waals surface area contributed by atoms with Crippen LogP contribution >= 0.6 is 0 Å². The van der Waals surface area contributed by atoms with Crippen LogP contribution in [-0.4, -0.2) is 23.7 Å². The number of hydrogen-bond acceptors (Lipinski definition) is 3. The van der Waals surface area contributed by atoms with Crippen molar-refractivity contribution in [2.45, 2.75) is 72.4 Å². The number of aryl methyl sites for hydroxylation is 2. The van der Waals surface area contributed by atoms with E-state index in [1.54, 1.807) is 6.21 Å². The van der Waals surface area contributed by atoms with E-state index in [4.69, 9.17) is 0 Å². The van der Waals surface area contributed by atoms with Gasteiger partial charge in [-0.25, -0.2) is 5.43 Å². The summed E-state index contributed by atoms with van der Waals surface area (Å²) in [5.41, 5.74) is 9.39. The highest BCUT2D eigenvalue weighted by Crippen LogP contribution is 2.45. The van der Waals surface area contributed by atoms with Gasteiger partial charge in [-0.05, 0) is 94.8 Å². The Hall–Kier alpha value is -2.62. The van der Waals surface area contributed by atoms with Crippen LogP contribution in [0.3, 0.4) is 0 Å². The van der Waals surface area contributed by atoms with Gasteiger partial charge in [-0.1, -0.05) is 24.6 Å². The molecule has 0 aliphatic carbocycles. The first kappa shape index (κ1) is 21.1. The van der Waals surface area contributed by atoms with Gasteiger partial charge in [0.1, 0.15) is 0 Å². The molecule has 1 N–H and O–H groups in total. The van der Waals surface area contributed by atoms with Gasteiger partial charge in [0.2, 0.25) is 0 Å². The first-order valence-corrected chi connectivity index (χ1v) is 10.4. The number of hydrazone groups is 1. The number of benzene rings is 2. The number of carbonyl (C=O) groups is 1. The van der Waals surface area contributed by atoms with Crippen molar-refractivity contribution < 1.29 is 4.79 Å². The van der Waals surface area contributed by atoms with Crippen molar-refractivity contribution >= 4 is 17.8 Å². The normalized spacial score (nSPS) is 18.2. The highest BCUT2D eigenvalue weighted by Gasteiger charge is 2.37. The molecule has 1 atom stereocenters. The monoisotopic (exact) mass is 391 g/mol. The quantitative estimate of drug-likeness (QED) is 0.547. The van der Waals surface area contributed by atoms with Gasteiger partial charge in [0.05, 0.1) is 6.21 Å². The number of nitrogens with one attached hydrogen (secondary N) is 1. The van der Waals surface area contributed by atoms with Crippen LogP contribution in [0.4, 0.5) is 5.69 Å². The molecule has 3 rings (SSSR count). The van der Waals surface area contributed by atoms with E-state index in [1.165, 1.54) is 11.3 Å². The molecule has 1 heterocycles. The molecule has 0 saturated heterocycles. The van der Waals surface area contributed by atoms with E-state index in [2.05, 4.69) is 69.1 Å². The third-order valence-corrected chi connectivity index (χ3v) is 5.86. The molecule has 2 aromatic carbocycles. The van der Waals surface area contributed by atoms with E-state index in [0.717, 1.165) is 23.1 Å². The van der Waals surface area contributed by atoms with E-state index >= 15 is 0 Å². The minimum atomic E-state index is -0.196. The molecule has 0 radical (unpaired) electrons. The number of fused-ring (bicyclic) bond motifs is 1. The summed E-state index contributed by atoms with van der Waals surface area (Å²) in [4.78, 5) is 14.8. The minimum absolute atomic E-state index is 0.130. The van der Waals surface area contributed by atoms with Gasteiger partial charge in [0.25, 0.3) is 5.91 Å². The second-order valence-corrected chi connectivity index (χ2v) is 9.21. The molecule has 154 valence electrons. The zero-order valence-electron chi connectivity index (χ0n) is 18.7. The SMILES string of the molecule is Cc1ccc(C(=O)N/N=C\c2cc3c(cc2C)N(C(C)C)C(C)(C)C[C@@H]3C)cc1. The number of carbonyl (C=O) groups excluding carboxylic acids is 1. The largest absolute Gasteiger partial charge is 0.364 e. The van der Waals surface area contributed by atoms with E-state index in [1.807, 2.05) is 31.2 Å². The zero-order chi connectivity index (χ0) is 21.3. The molecule has 0 aromatic heterocycles. The van der Waals surface area contributed by atoms with Gasteiger partial charge < -0.3 is 4.90 Å². The number of anilines is 1. The topological polar surface area (TPSA) is 44.7 Å². The molecular formula is C25H33N3O. The Kier molecular flexibility index (Phi) is 5.83. The summed E-state index contributed by atoms with van der Waals surface area (Å²) in [5.74, 6) is 0.280. The summed E-state index contributed by atoms with van der Waals surface area (Å²) >= 11 is 0. The number of hydrogen-bond donors (Lipinski definition) is 1. The van der Waals surface area contributed by atoms with Crippen molar-refractivity contribution in [1.82, 2.24) is 5.43 Å². The van der Waals surface area contributed by atoms with E-state index in [9.17, 15) is 4.79 Å². The first-order valence-electron chi connectivity index (χ1n) is 10.4. The van der Waals surface area contributed by atoms with Gasteiger partial charge in [-0.3, -0.25) is 4.79 Å². The van der Waals surface area contributed by atoms with Crippen molar-refractivity contribution in [3.8, 4) is 0 Å². The fraction of sp³-hybridized carbons (Fsp3) is 0.440. The summed E-state index contributed by atoms with van der Waals surface area (Å²) in [5, 5.41) is 4.22. The highest BCUT2D eigenvalue weighted by molar-refractivity contribution is 5.95. The standard InChI is InChI=1S/C25H33N3O/c1-16(2)28-23-12-18(4)21(13-22(23)19(5)14-25(28,6)7)15-26-27-24(29)20-10-8-17(3)9-11-20/h8-13,15-16,19H,14H2,1-7H3,(H,27,29)/b26-15-/t19-/m0/s1. The maximum Gasteiger partial charge on any atom is 0.271 e. The van der Waals surface area contributed by atoms with Crippen LogP contribution in [0.2, 0.25) is 0 Å². The summed E-state index contributed by atoms with van der Waals surface area (Å²) in [6.45, 7) is 15.6. The molecule has 2 aromatic rings. The molecular weight excluding hydrogens is 358 g/mol. The third-order valence-electron chi connectivity index (χ3n) is 5.86. The second kappa shape index (κ2) is 8.02. The smallest absolute Gasteiger partial charge is 0.271 e. The Balaban J connectivity index is 1.85. The summed E-state index contributed by atoms with van der Waals surface area (Å²) in [6.07, 6.45) is 2.87. The fourth-order valence-electron chi connectivity index (χ4n) is 4.66. The highest BCUT2D eigenvalue weighted by atomic mass is 16.2. The number of rotatable bonds is 4. The molecule has 0 spiro atoms. The van der Waals surface area contributed by atoms with Crippen LogP contribution in [0.15, 0.2) is 41.5 Å². The molecule has 0 fully saturated rings. The first-order chi connectivity index (χ1) is 13.6. The molecule has 0 saturated carbocycles.